The molecule has 4 N–H and O–H groups in total. The maximum absolute atomic E-state index is 13.7. The molecule has 12 heteroatoms. The van der Waals surface area contributed by atoms with Crippen molar-refractivity contribution >= 4 is 34.8 Å². The number of benzene rings is 1. The molecule has 4 rings (SSSR count). The minimum absolute atomic E-state index is 0.00487. The molecule has 0 fully saturated rings. The summed E-state index contributed by atoms with van der Waals surface area (Å²) in [4.78, 5) is 62.7. The van der Waals surface area contributed by atoms with Gasteiger partial charge in [-0.3, -0.25) is 19.2 Å². The molecule has 0 aliphatic carbocycles. The van der Waals surface area contributed by atoms with Crippen LogP contribution in [-0.4, -0.2) is 86.0 Å². The van der Waals surface area contributed by atoms with E-state index in [1.54, 1.807) is 43.1 Å². The number of carbonyl (C=O) groups excluding carboxylic acids is 4. The molecule has 0 saturated carbocycles. The number of rotatable bonds is 2. The Hall–Kier alpha value is -4.32. The zero-order chi connectivity index (χ0) is 29.0. The lowest BCUT2D eigenvalue weighted by Crippen LogP contribution is -2.56. The summed E-state index contributed by atoms with van der Waals surface area (Å²) in [6, 6.07) is 4.97. The van der Waals surface area contributed by atoms with E-state index in [4.69, 9.17) is 0 Å². The van der Waals surface area contributed by atoms with Crippen molar-refractivity contribution in [3.8, 4) is 0 Å². The number of pyridine rings is 1. The molecule has 1 aromatic carbocycles. The largest absolute Gasteiger partial charge is 0.391 e. The summed E-state index contributed by atoms with van der Waals surface area (Å²) in [7, 11) is 1.77. The van der Waals surface area contributed by atoms with E-state index in [0.29, 0.717) is 36.1 Å². The Morgan fingerprint density at radius 1 is 1.15 bits per heavy atom. The van der Waals surface area contributed by atoms with E-state index >= 15 is 0 Å². The maximum atomic E-state index is 13.7. The van der Waals surface area contributed by atoms with Gasteiger partial charge in [0.2, 0.25) is 11.8 Å². The first-order chi connectivity index (χ1) is 19.0. The number of hydrogen-bond acceptors (Lipinski definition) is 7. The topological polar surface area (TPSA) is 159 Å². The van der Waals surface area contributed by atoms with Crippen LogP contribution < -0.4 is 16.0 Å². The molecular weight excluding hydrogens is 514 g/mol. The van der Waals surface area contributed by atoms with Crippen LogP contribution in [0, 0.1) is 6.92 Å². The van der Waals surface area contributed by atoms with E-state index in [0.717, 1.165) is 11.1 Å². The molecule has 3 atom stereocenters. The van der Waals surface area contributed by atoms with Crippen molar-refractivity contribution in [2.45, 2.75) is 51.8 Å². The summed E-state index contributed by atoms with van der Waals surface area (Å²) in [6.07, 6.45) is 3.12. The minimum Gasteiger partial charge on any atom is -0.391 e. The number of fused-ring (bicyclic) bond motifs is 3. The Morgan fingerprint density at radius 3 is 2.67 bits per heavy atom. The molecule has 12 nitrogen and oxygen atoms in total. The van der Waals surface area contributed by atoms with Gasteiger partial charge in [0.25, 0.3) is 11.8 Å². The van der Waals surface area contributed by atoms with Crippen LogP contribution in [-0.2, 0) is 23.1 Å². The van der Waals surface area contributed by atoms with Crippen LogP contribution in [0.25, 0.3) is 11.2 Å². The lowest BCUT2D eigenvalue weighted by atomic mass is 10.00. The number of imidazole rings is 1. The van der Waals surface area contributed by atoms with Crippen LogP contribution in [0.3, 0.4) is 0 Å². The van der Waals surface area contributed by atoms with Crippen LogP contribution >= 0.6 is 0 Å². The van der Waals surface area contributed by atoms with Crippen molar-refractivity contribution in [1.82, 2.24) is 35.4 Å². The smallest absolute Gasteiger partial charge is 0.256 e. The van der Waals surface area contributed by atoms with Gasteiger partial charge < -0.3 is 30.5 Å². The highest BCUT2D eigenvalue weighted by Gasteiger charge is 2.29. The number of aliphatic hydroxyl groups is 1. The second-order valence-corrected chi connectivity index (χ2v) is 10.3. The average Bonchev–Trinajstić information content (AvgIpc) is 3.29. The van der Waals surface area contributed by atoms with Crippen molar-refractivity contribution in [3.63, 3.8) is 0 Å². The second-order valence-electron chi connectivity index (χ2n) is 10.3. The third-order valence-electron chi connectivity index (χ3n) is 6.94. The Morgan fingerprint density at radius 2 is 1.93 bits per heavy atom. The average molecular weight is 550 g/mol. The van der Waals surface area contributed by atoms with Gasteiger partial charge in [0.15, 0.2) is 5.65 Å². The predicted molar refractivity (Wildman–Crippen MR) is 147 cm³/mol. The number of aromatic nitrogens is 3. The fourth-order valence-electron chi connectivity index (χ4n) is 4.75. The summed E-state index contributed by atoms with van der Waals surface area (Å²) in [5, 5.41) is 18.6. The van der Waals surface area contributed by atoms with Crippen molar-refractivity contribution in [2.75, 3.05) is 19.6 Å². The van der Waals surface area contributed by atoms with Crippen molar-refractivity contribution in [2.24, 2.45) is 7.05 Å². The lowest BCUT2D eigenvalue weighted by molar-refractivity contribution is -0.126. The highest BCUT2D eigenvalue weighted by atomic mass is 16.3. The van der Waals surface area contributed by atoms with Gasteiger partial charge in [-0.25, -0.2) is 9.97 Å². The van der Waals surface area contributed by atoms with E-state index in [9.17, 15) is 24.3 Å². The molecule has 2 aromatic heterocycles. The van der Waals surface area contributed by atoms with Gasteiger partial charge >= 0.3 is 0 Å². The zero-order valence-corrected chi connectivity index (χ0v) is 23.1. The Kier molecular flexibility index (Phi) is 8.78. The Labute approximate surface area is 232 Å². The molecule has 0 spiro atoms. The number of hydrogen-bond donors (Lipinski definition) is 4. The number of carbonyl (C=O) groups is 4. The molecule has 0 radical (unpaired) electrons. The van der Waals surface area contributed by atoms with E-state index in [-0.39, 0.29) is 24.6 Å². The molecule has 40 heavy (non-hydrogen) atoms. The molecule has 0 saturated heterocycles. The van der Waals surface area contributed by atoms with E-state index in [1.165, 1.54) is 18.0 Å². The zero-order valence-electron chi connectivity index (χ0n) is 23.1. The first kappa shape index (κ1) is 28.7. The lowest BCUT2D eigenvalue weighted by Gasteiger charge is -2.28. The van der Waals surface area contributed by atoms with Gasteiger partial charge in [0, 0.05) is 37.9 Å². The number of aliphatic hydroxyl groups excluding tert-OH is 1. The van der Waals surface area contributed by atoms with Crippen molar-refractivity contribution < 1.29 is 24.3 Å². The van der Waals surface area contributed by atoms with E-state index in [2.05, 4.69) is 25.9 Å². The summed E-state index contributed by atoms with van der Waals surface area (Å²) >= 11 is 0. The molecule has 4 amide bonds. The molecule has 3 heterocycles. The van der Waals surface area contributed by atoms with Gasteiger partial charge in [-0.05, 0) is 62.9 Å². The number of amides is 4. The van der Waals surface area contributed by atoms with E-state index < -0.39 is 35.9 Å². The highest BCUT2D eigenvalue weighted by Crippen LogP contribution is 2.17. The van der Waals surface area contributed by atoms with Gasteiger partial charge in [-0.15, -0.1) is 0 Å². The fourth-order valence-corrected chi connectivity index (χ4v) is 4.75. The third-order valence-corrected chi connectivity index (χ3v) is 6.94. The Bertz CT molecular complexity index is 1430. The number of nitrogens with zero attached hydrogens (tertiary/aromatic N) is 4. The molecule has 0 unspecified atom stereocenters. The van der Waals surface area contributed by atoms with Gasteiger partial charge in [0.1, 0.15) is 11.6 Å². The van der Waals surface area contributed by atoms with Crippen LogP contribution in [0.2, 0.25) is 0 Å². The highest BCUT2D eigenvalue weighted by molar-refractivity contribution is 6.05. The fraction of sp³-hybridized carbons (Fsp3) is 0.429. The van der Waals surface area contributed by atoms with Crippen LogP contribution in [0.5, 0.6) is 0 Å². The summed E-state index contributed by atoms with van der Waals surface area (Å²) in [5.41, 5.74) is 3.52. The third kappa shape index (κ3) is 6.45. The van der Waals surface area contributed by atoms with Crippen molar-refractivity contribution in [3.05, 3.63) is 59.0 Å². The van der Waals surface area contributed by atoms with Crippen LogP contribution in [0.1, 0.15) is 52.1 Å². The Balaban J connectivity index is 1.63. The monoisotopic (exact) mass is 549 g/mol. The summed E-state index contributed by atoms with van der Waals surface area (Å²) in [5.74, 6) is -1.87. The molecule has 1 aliphatic rings. The maximum Gasteiger partial charge on any atom is 0.256 e. The van der Waals surface area contributed by atoms with Crippen molar-refractivity contribution in [1.29, 1.82) is 0 Å². The van der Waals surface area contributed by atoms with Gasteiger partial charge in [-0.2, -0.15) is 0 Å². The molecular formula is C28H35N7O5. The predicted octanol–water partition coefficient (Wildman–Crippen LogP) is 0.465. The quantitative estimate of drug-likeness (QED) is 0.362. The summed E-state index contributed by atoms with van der Waals surface area (Å²) < 4.78 is 1.69. The van der Waals surface area contributed by atoms with Gasteiger partial charge in [0.05, 0.1) is 24.5 Å². The minimum atomic E-state index is -1.23. The molecule has 1 aliphatic heterocycles. The van der Waals surface area contributed by atoms with E-state index in [1.807, 2.05) is 13.0 Å². The second kappa shape index (κ2) is 12.2. The normalized spacial score (nSPS) is 20.3. The molecule has 2 bridgehead atoms. The standard InChI is InChI=1S/C28H35N7O5/c1-16-7-8-20-12-19(16)6-5-10-29-22(37)14-35(13-17(2)32-27(39)23(18(3)36)33-26(20)38)28(40)21-9-11-30-25-24(21)31-15-34(25)4/h7-9,11-12,15,17-18,23,36H,5-6,10,13-14H2,1-4H3,(H,29,37)(H,32,39)(H,33,38)/t17-,18-,23+/m1/s1. The summed E-state index contributed by atoms with van der Waals surface area (Å²) in [6.45, 7) is 5.18. The molecule has 3 aromatic rings. The molecule has 212 valence electrons. The SMILES string of the molecule is Cc1ccc2cc1CCCNC(=O)CN(C(=O)c1ccnc3c1ncn3C)C[C@@H](C)NC(=O)[C@H]([C@@H](C)O)NC2=O. The van der Waals surface area contributed by atoms with Crippen LogP contribution in [0.15, 0.2) is 36.8 Å². The van der Waals surface area contributed by atoms with Crippen LogP contribution in [0.4, 0.5) is 0 Å². The number of nitrogens with one attached hydrogen (secondary N) is 3. The number of aryl methyl sites for hydroxylation is 3. The first-order valence-electron chi connectivity index (χ1n) is 13.3. The van der Waals surface area contributed by atoms with Gasteiger partial charge in [-0.1, -0.05) is 6.07 Å². The first-order valence-corrected chi connectivity index (χ1v) is 13.3.